The van der Waals surface area contributed by atoms with Crippen LogP contribution in [-0.4, -0.2) is 24.3 Å². The van der Waals surface area contributed by atoms with Crippen molar-refractivity contribution < 1.29 is 8.42 Å². The fraction of sp³-hybridized carbons (Fsp3) is 0.200. The second-order valence-corrected chi connectivity index (χ2v) is 9.90. The first-order valence-corrected chi connectivity index (χ1v) is 11.8. The highest BCUT2D eigenvalue weighted by Gasteiger charge is 2.38. The first-order chi connectivity index (χ1) is 14.5. The molecule has 0 saturated carbocycles. The third-order valence-corrected chi connectivity index (χ3v) is 7.74. The van der Waals surface area contributed by atoms with Gasteiger partial charge in [0.1, 0.15) is 0 Å². The number of nitrogens with one attached hydrogen (secondary N) is 1. The lowest BCUT2D eigenvalue weighted by Gasteiger charge is -2.35. The highest BCUT2D eigenvalue weighted by atomic mass is 32.2. The van der Waals surface area contributed by atoms with Crippen molar-refractivity contribution in [1.82, 2.24) is 9.29 Å². The molecule has 2 heterocycles. The van der Waals surface area contributed by atoms with Gasteiger partial charge in [-0.05, 0) is 36.1 Å². The first kappa shape index (κ1) is 19.1. The van der Waals surface area contributed by atoms with Crippen LogP contribution in [0.4, 0.5) is 0 Å². The molecule has 4 nitrogen and oxygen atoms in total. The molecule has 0 amide bonds. The Bertz CT molecular complexity index is 1290. The third kappa shape index (κ3) is 3.34. The number of hydrogen-bond acceptors (Lipinski definition) is 2. The van der Waals surface area contributed by atoms with E-state index in [1.54, 1.807) is 4.31 Å². The number of para-hydroxylation sites is 1. The van der Waals surface area contributed by atoms with E-state index in [0.717, 1.165) is 27.9 Å². The summed E-state index contributed by atoms with van der Waals surface area (Å²) in [5.74, 6) is 0.00572. The van der Waals surface area contributed by atoms with Crippen molar-refractivity contribution in [3.05, 3.63) is 107 Å². The summed E-state index contributed by atoms with van der Waals surface area (Å²) in [4.78, 5) is 3.54. The lowest BCUT2D eigenvalue weighted by molar-refractivity contribution is 0.340. The van der Waals surface area contributed by atoms with E-state index in [9.17, 15) is 8.42 Å². The van der Waals surface area contributed by atoms with Crippen molar-refractivity contribution in [2.75, 3.05) is 6.54 Å². The first-order valence-electron chi connectivity index (χ1n) is 10.2. The number of aryl methyl sites for hydroxylation is 1. The number of hydrogen-bond donors (Lipinski definition) is 1. The largest absolute Gasteiger partial charge is 0.357 e. The van der Waals surface area contributed by atoms with E-state index in [2.05, 4.69) is 17.1 Å². The van der Waals surface area contributed by atoms with Crippen molar-refractivity contribution in [2.24, 2.45) is 0 Å². The van der Waals surface area contributed by atoms with Crippen LogP contribution in [0.2, 0.25) is 0 Å². The summed E-state index contributed by atoms with van der Waals surface area (Å²) in [5, 5.41) is 1.18. The van der Waals surface area contributed by atoms with Crippen molar-refractivity contribution in [3.63, 3.8) is 0 Å². The predicted molar refractivity (Wildman–Crippen MR) is 121 cm³/mol. The normalized spacial score (nSPS) is 17.2. The van der Waals surface area contributed by atoms with Crippen LogP contribution in [-0.2, 0) is 22.2 Å². The number of benzene rings is 3. The Morgan fingerprint density at radius 2 is 1.63 bits per heavy atom. The molecule has 1 aliphatic rings. The van der Waals surface area contributed by atoms with Crippen LogP contribution >= 0.6 is 0 Å². The monoisotopic (exact) mass is 416 g/mol. The van der Waals surface area contributed by atoms with Gasteiger partial charge in [0, 0.05) is 23.1 Å². The number of aromatic nitrogens is 1. The van der Waals surface area contributed by atoms with Gasteiger partial charge in [-0.25, -0.2) is 8.42 Å². The van der Waals surface area contributed by atoms with Crippen LogP contribution in [0.5, 0.6) is 0 Å². The second kappa shape index (κ2) is 7.42. The average molecular weight is 417 g/mol. The topological polar surface area (TPSA) is 53.2 Å². The van der Waals surface area contributed by atoms with Gasteiger partial charge in [-0.1, -0.05) is 78.4 Å². The Kier molecular flexibility index (Phi) is 4.72. The molecule has 0 bridgehead atoms. The van der Waals surface area contributed by atoms with Crippen LogP contribution in [0.1, 0.15) is 34.0 Å². The van der Waals surface area contributed by atoms with Gasteiger partial charge in [0.05, 0.1) is 11.8 Å². The summed E-state index contributed by atoms with van der Waals surface area (Å²) in [6.07, 6.45) is 0.704. The summed E-state index contributed by atoms with van der Waals surface area (Å²) >= 11 is 0. The number of sulfonamides is 1. The average Bonchev–Trinajstić information content (AvgIpc) is 3.13. The molecular formula is C25H24N2O2S. The quantitative estimate of drug-likeness (QED) is 0.512. The molecule has 0 aliphatic carbocycles. The Balaban J connectivity index is 1.64. The highest BCUT2D eigenvalue weighted by Crippen LogP contribution is 2.40. The predicted octanol–water partition coefficient (Wildman–Crippen LogP) is 4.95. The Labute approximate surface area is 177 Å². The highest BCUT2D eigenvalue weighted by molar-refractivity contribution is 7.88. The molecule has 0 saturated heterocycles. The van der Waals surface area contributed by atoms with Gasteiger partial charge >= 0.3 is 0 Å². The Hall–Kier alpha value is -2.89. The SMILES string of the molecule is Cc1ccc(C2c3[nH]c4ccccc4c3CCN2S(=O)(=O)Cc2ccccc2)cc1. The number of nitrogens with zero attached hydrogens (tertiary/aromatic N) is 1. The minimum Gasteiger partial charge on any atom is -0.357 e. The molecule has 3 aromatic carbocycles. The fourth-order valence-electron chi connectivity index (χ4n) is 4.47. The van der Waals surface area contributed by atoms with Crippen LogP contribution in [0.25, 0.3) is 10.9 Å². The van der Waals surface area contributed by atoms with Crippen molar-refractivity contribution in [1.29, 1.82) is 0 Å². The second-order valence-electron chi connectivity index (χ2n) is 7.98. The maximum atomic E-state index is 13.5. The number of H-pyrrole nitrogens is 1. The van der Waals surface area contributed by atoms with Crippen molar-refractivity contribution in [2.45, 2.75) is 25.1 Å². The van der Waals surface area contributed by atoms with Crippen molar-refractivity contribution in [3.8, 4) is 0 Å². The number of aromatic amines is 1. The van der Waals surface area contributed by atoms with E-state index in [1.165, 1.54) is 10.9 Å². The smallest absolute Gasteiger partial charge is 0.219 e. The maximum absolute atomic E-state index is 13.5. The molecule has 1 aromatic heterocycles. The zero-order valence-electron chi connectivity index (χ0n) is 16.9. The summed E-state index contributed by atoms with van der Waals surface area (Å²) in [7, 11) is -3.51. The van der Waals surface area contributed by atoms with E-state index in [4.69, 9.17) is 0 Å². The molecule has 5 rings (SSSR count). The molecule has 0 spiro atoms. The minimum atomic E-state index is -3.51. The fourth-order valence-corrected chi connectivity index (χ4v) is 6.17. The molecule has 1 aliphatic heterocycles. The molecule has 0 radical (unpaired) electrons. The zero-order valence-corrected chi connectivity index (χ0v) is 17.7. The molecule has 152 valence electrons. The Morgan fingerprint density at radius 3 is 2.40 bits per heavy atom. The van der Waals surface area contributed by atoms with Gasteiger partial charge in [-0.3, -0.25) is 0 Å². The lowest BCUT2D eigenvalue weighted by atomic mass is 9.94. The van der Waals surface area contributed by atoms with Crippen molar-refractivity contribution >= 4 is 20.9 Å². The molecule has 1 N–H and O–H groups in total. The maximum Gasteiger partial charge on any atom is 0.219 e. The molecule has 1 atom stereocenters. The third-order valence-electron chi connectivity index (χ3n) is 5.93. The van der Waals surface area contributed by atoms with E-state index in [0.29, 0.717) is 13.0 Å². The van der Waals surface area contributed by atoms with Crippen LogP contribution in [0, 0.1) is 6.92 Å². The summed E-state index contributed by atoms with van der Waals surface area (Å²) in [6, 6.07) is 25.5. The van der Waals surface area contributed by atoms with Crippen LogP contribution in [0.3, 0.4) is 0 Å². The van der Waals surface area contributed by atoms with E-state index < -0.39 is 10.0 Å². The summed E-state index contributed by atoms with van der Waals surface area (Å²) < 4.78 is 28.8. The zero-order chi connectivity index (χ0) is 20.7. The lowest BCUT2D eigenvalue weighted by Crippen LogP contribution is -2.41. The van der Waals surface area contributed by atoms with Gasteiger partial charge in [-0.2, -0.15) is 4.31 Å². The van der Waals surface area contributed by atoms with Crippen LogP contribution in [0.15, 0.2) is 78.9 Å². The molecule has 1 unspecified atom stereocenters. The molecule has 5 heteroatoms. The van der Waals surface area contributed by atoms with Gasteiger partial charge in [0.25, 0.3) is 0 Å². The van der Waals surface area contributed by atoms with Crippen LogP contribution < -0.4 is 0 Å². The van der Waals surface area contributed by atoms with Gasteiger partial charge in [0.2, 0.25) is 10.0 Å². The van der Waals surface area contributed by atoms with E-state index >= 15 is 0 Å². The summed E-state index contributed by atoms with van der Waals surface area (Å²) in [6.45, 7) is 2.52. The van der Waals surface area contributed by atoms with Gasteiger partial charge in [-0.15, -0.1) is 0 Å². The standard InChI is InChI=1S/C25H24N2O2S/c1-18-11-13-20(14-12-18)25-24-22(21-9-5-6-10-23(21)26-24)15-16-27(25)30(28,29)17-19-7-3-2-4-8-19/h2-14,25-26H,15-17H2,1H3. The summed E-state index contributed by atoms with van der Waals surface area (Å²) in [5.41, 5.74) is 6.23. The minimum absolute atomic E-state index is 0.00572. The molecule has 4 aromatic rings. The molecule has 0 fully saturated rings. The molecule has 30 heavy (non-hydrogen) atoms. The Morgan fingerprint density at radius 1 is 0.933 bits per heavy atom. The number of rotatable bonds is 4. The van der Waals surface area contributed by atoms with E-state index in [1.807, 2.05) is 73.7 Å². The van der Waals surface area contributed by atoms with Gasteiger partial charge < -0.3 is 4.98 Å². The molecular weight excluding hydrogens is 392 g/mol. The van der Waals surface area contributed by atoms with E-state index in [-0.39, 0.29) is 11.8 Å². The van der Waals surface area contributed by atoms with Gasteiger partial charge in [0.15, 0.2) is 0 Å². The number of fused-ring (bicyclic) bond motifs is 3.